The largest absolute Gasteiger partial charge is 0.380 e. The second-order valence-corrected chi connectivity index (χ2v) is 4.79. The van der Waals surface area contributed by atoms with E-state index in [1.54, 1.807) is 0 Å². The molecule has 1 rings (SSSR count). The van der Waals surface area contributed by atoms with Gasteiger partial charge in [0.15, 0.2) is 0 Å². The number of nitrogens with zero attached hydrogens (tertiary/aromatic N) is 1. The van der Waals surface area contributed by atoms with Crippen LogP contribution in [0.4, 0.5) is 0 Å². The van der Waals surface area contributed by atoms with Crippen molar-refractivity contribution in [3.63, 3.8) is 0 Å². The van der Waals surface area contributed by atoms with E-state index in [-0.39, 0.29) is 0 Å². The number of ether oxygens (including phenoxy) is 1. The van der Waals surface area contributed by atoms with E-state index in [1.165, 1.54) is 25.8 Å². The smallest absolute Gasteiger partial charge is 0.0593 e. The van der Waals surface area contributed by atoms with Gasteiger partial charge in [0.05, 0.1) is 6.61 Å². The van der Waals surface area contributed by atoms with E-state index in [0.717, 1.165) is 38.3 Å². The highest BCUT2D eigenvalue weighted by Gasteiger charge is 2.32. The van der Waals surface area contributed by atoms with Gasteiger partial charge in [-0.1, -0.05) is 6.92 Å². The van der Waals surface area contributed by atoms with Crippen molar-refractivity contribution >= 4 is 0 Å². The van der Waals surface area contributed by atoms with Crippen LogP contribution in [0.25, 0.3) is 0 Å². The molecule has 0 heterocycles. The molecule has 1 N–H and O–H groups in total. The Morgan fingerprint density at radius 1 is 1.31 bits per heavy atom. The molecule has 1 aliphatic carbocycles. The lowest BCUT2D eigenvalue weighted by Gasteiger charge is -2.43. The second-order valence-electron chi connectivity index (χ2n) is 4.79. The van der Waals surface area contributed by atoms with Crippen molar-refractivity contribution in [1.29, 1.82) is 0 Å². The molecular weight excluding hydrogens is 200 g/mol. The molecule has 0 amide bonds. The zero-order valence-corrected chi connectivity index (χ0v) is 11.2. The lowest BCUT2D eigenvalue weighted by molar-refractivity contribution is 0.0500. The van der Waals surface area contributed by atoms with Gasteiger partial charge < -0.3 is 15.0 Å². The van der Waals surface area contributed by atoms with Crippen LogP contribution in [0, 0.1) is 5.92 Å². The summed E-state index contributed by atoms with van der Waals surface area (Å²) in [5.41, 5.74) is 0. The predicted octanol–water partition coefficient (Wildman–Crippen LogP) is 1.73. The molecule has 1 fully saturated rings. The molecule has 0 aromatic rings. The Balaban J connectivity index is 2.10. The van der Waals surface area contributed by atoms with Crippen molar-refractivity contribution in [3.8, 4) is 0 Å². The summed E-state index contributed by atoms with van der Waals surface area (Å²) in [6.07, 6.45) is 3.99. The zero-order valence-electron chi connectivity index (χ0n) is 11.2. The molecule has 96 valence electrons. The molecule has 0 saturated heterocycles. The van der Waals surface area contributed by atoms with E-state index in [1.807, 2.05) is 0 Å². The first kappa shape index (κ1) is 13.9. The summed E-state index contributed by atoms with van der Waals surface area (Å²) in [5, 5.41) is 3.53. The van der Waals surface area contributed by atoms with Crippen LogP contribution in [0.3, 0.4) is 0 Å². The van der Waals surface area contributed by atoms with E-state index >= 15 is 0 Å². The van der Waals surface area contributed by atoms with Gasteiger partial charge in [-0.25, -0.2) is 0 Å². The summed E-state index contributed by atoms with van der Waals surface area (Å²) >= 11 is 0. The summed E-state index contributed by atoms with van der Waals surface area (Å²) in [6.45, 7) is 9.41. The zero-order chi connectivity index (χ0) is 11.8. The molecule has 0 spiro atoms. The van der Waals surface area contributed by atoms with E-state index in [9.17, 15) is 0 Å². The summed E-state index contributed by atoms with van der Waals surface area (Å²) in [4.78, 5) is 2.47. The van der Waals surface area contributed by atoms with E-state index < -0.39 is 0 Å². The van der Waals surface area contributed by atoms with Gasteiger partial charge in [-0.3, -0.25) is 0 Å². The maximum absolute atomic E-state index is 5.40. The molecule has 2 atom stereocenters. The first-order chi connectivity index (χ1) is 7.79. The minimum absolute atomic E-state index is 0.782. The monoisotopic (exact) mass is 228 g/mol. The van der Waals surface area contributed by atoms with Crippen LogP contribution in [0.1, 0.15) is 33.1 Å². The van der Waals surface area contributed by atoms with E-state index in [4.69, 9.17) is 4.74 Å². The predicted molar refractivity (Wildman–Crippen MR) is 68.8 cm³/mol. The standard InChI is InChI=1S/C13H28N2O/c1-4-8-14-11-12-6-7-13(12)15(3)9-10-16-5-2/h12-14H,4-11H2,1-3H3. The Labute approximate surface area is 101 Å². The fraction of sp³-hybridized carbons (Fsp3) is 1.00. The van der Waals surface area contributed by atoms with Crippen LogP contribution < -0.4 is 5.32 Å². The normalized spacial score (nSPS) is 24.8. The first-order valence-corrected chi connectivity index (χ1v) is 6.78. The van der Waals surface area contributed by atoms with Gasteiger partial charge in [0.25, 0.3) is 0 Å². The molecule has 0 radical (unpaired) electrons. The Morgan fingerprint density at radius 3 is 2.69 bits per heavy atom. The van der Waals surface area contributed by atoms with Crippen LogP contribution in [-0.4, -0.2) is 50.8 Å². The average molecular weight is 228 g/mol. The van der Waals surface area contributed by atoms with Crippen molar-refractivity contribution in [2.24, 2.45) is 5.92 Å². The molecule has 1 saturated carbocycles. The lowest BCUT2D eigenvalue weighted by atomic mass is 9.78. The molecule has 16 heavy (non-hydrogen) atoms. The molecular formula is C13H28N2O. The first-order valence-electron chi connectivity index (χ1n) is 6.78. The summed E-state index contributed by atoms with van der Waals surface area (Å²) in [7, 11) is 2.23. The van der Waals surface area contributed by atoms with Crippen LogP contribution in [0.2, 0.25) is 0 Å². The summed E-state index contributed by atoms with van der Waals surface area (Å²) < 4.78 is 5.40. The fourth-order valence-electron chi connectivity index (χ4n) is 2.35. The maximum atomic E-state index is 5.40. The SMILES string of the molecule is CCCNCC1CCC1N(C)CCOCC. The van der Waals surface area contributed by atoms with Crippen molar-refractivity contribution in [2.45, 2.75) is 39.2 Å². The van der Waals surface area contributed by atoms with E-state index in [2.05, 4.69) is 31.1 Å². The third kappa shape index (κ3) is 4.40. The number of nitrogens with one attached hydrogen (secondary N) is 1. The van der Waals surface area contributed by atoms with Crippen molar-refractivity contribution < 1.29 is 4.74 Å². The van der Waals surface area contributed by atoms with Crippen molar-refractivity contribution in [3.05, 3.63) is 0 Å². The van der Waals surface area contributed by atoms with Crippen LogP contribution in [0.5, 0.6) is 0 Å². The quantitative estimate of drug-likeness (QED) is 0.608. The summed E-state index contributed by atoms with van der Waals surface area (Å²) in [6, 6.07) is 0.782. The Morgan fingerprint density at radius 2 is 2.12 bits per heavy atom. The van der Waals surface area contributed by atoms with Gasteiger partial charge in [0.1, 0.15) is 0 Å². The second kappa shape index (κ2) is 8.04. The maximum Gasteiger partial charge on any atom is 0.0593 e. The minimum Gasteiger partial charge on any atom is -0.380 e. The molecule has 3 heteroatoms. The number of hydrogen-bond acceptors (Lipinski definition) is 3. The highest BCUT2D eigenvalue weighted by Crippen LogP contribution is 2.30. The Hall–Kier alpha value is -0.120. The third-order valence-electron chi connectivity index (χ3n) is 3.57. The van der Waals surface area contributed by atoms with Gasteiger partial charge in [0, 0.05) is 19.2 Å². The van der Waals surface area contributed by atoms with Crippen molar-refractivity contribution in [1.82, 2.24) is 10.2 Å². The van der Waals surface area contributed by atoms with Gasteiger partial charge in [-0.2, -0.15) is 0 Å². The van der Waals surface area contributed by atoms with Gasteiger partial charge in [-0.05, 0) is 52.2 Å². The third-order valence-corrected chi connectivity index (χ3v) is 3.57. The van der Waals surface area contributed by atoms with E-state index in [0.29, 0.717) is 0 Å². The molecule has 0 aromatic heterocycles. The molecule has 0 aromatic carbocycles. The van der Waals surface area contributed by atoms with Gasteiger partial charge in [0.2, 0.25) is 0 Å². The fourth-order valence-corrected chi connectivity index (χ4v) is 2.35. The Bertz CT molecular complexity index is 163. The molecule has 0 aliphatic heterocycles. The van der Waals surface area contributed by atoms with Crippen LogP contribution in [0.15, 0.2) is 0 Å². The number of rotatable bonds is 9. The van der Waals surface area contributed by atoms with Crippen molar-refractivity contribution in [2.75, 3.05) is 39.9 Å². The Kier molecular flexibility index (Phi) is 7.01. The van der Waals surface area contributed by atoms with Crippen LogP contribution in [-0.2, 0) is 4.74 Å². The molecule has 1 aliphatic rings. The number of hydrogen-bond donors (Lipinski definition) is 1. The summed E-state index contributed by atoms with van der Waals surface area (Å²) in [5.74, 6) is 0.859. The molecule has 2 unspecified atom stereocenters. The highest BCUT2D eigenvalue weighted by molar-refractivity contribution is 4.88. The lowest BCUT2D eigenvalue weighted by Crippen LogP contribution is -2.49. The molecule has 0 bridgehead atoms. The molecule has 3 nitrogen and oxygen atoms in total. The average Bonchev–Trinajstić information content (AvgIpc) is 2.23. The number of likely N-dealkylation sites (N-methyl/N-ethyl adjacent to an activating group) is 1. The van der Waals surface area contributed by atoms with Crippen LogP contribution >= 0.6 is 0 Å². The van der Waals surface area contributed by atoms with Gasteiger partial charge >= 0.3 is 0 Å². The van der Waals surface area contributed by atoms with Gasteiger partial charge in [-0.15, -0.1) is 0 Å². The minimum atomic E-state index is 0.782. The topological polar surface area (TPSA) is 24.5 Å². The highest BCUT2D eigenvalue weighted by atomic mass is 16.5.